The fraction of sp³-hybridized carbons (Fsp3) is 0.905. The molecule has 0 aromatic rings. The van der Waals surface area contributed by atoms with Crippen LogP contribution in [0.3, 0.4) is 0 Å². The molecule has 0 heteroatoms. The van der Waals surface area contributed by atoms with E-state index in [1.165, 1.54) is 57.8 Å². The molecule has 0 rings (SSSR count). The predicted molar refractivity (Wildman–Crippen MR) is 98.7 cm³/mol. The summed E-state index contributed by atoms with van der Waals surface area (Å²) in [5.74, 6) is 2.70. The van der Waals surface area contributed by atoms with Gasteiger partial charge in [0.25, 0.3) is 0 Å². The highest BCUT2D eigenvalue weighted by Crippen LogP contribution is 2.27. The Morgan fingerprint density at radius 1 is 0.762 bits per heavy atom. The summed E-state index contributed by atoms with van der Waals surface area (Å²) in [5.41, 5.74) is 0.324. The summed E-state index contributed by atoms with van der Waals surface area (Å²) >= 11 is 0. The van der Waals surface area contributed by atoms with Crippen molar-refractivity contribution in [2.24, 2.45) is 23.2 Å². The Balaban J connectivity index is 3.56. The standard InChI is InChI=1S/C21H42/c1-8-21(6,7)17-11-16-20(5)15-10-14-19(4)13-9-12-18(2)3/h8,18-20H,1,9-17H2,2-7H3. The average molecular weight is 295 g/mol. The third-order valence-electron chi connectivity index (χ3n) is 4.94. The highest BCUT2D eigenvalue weighted by atomic mass is 14.2. The van der Waals surface area contributed by atoms with E-state index in [0.29, 0.717) is 5.41 Å². The maximum Gasteiger partial charge on any atom is -0.0178 e. The van der Waals surface area contributed by atoms with Gasteiger partial charge in [-0.2, -0.15) is 0 Å². The zero-order valence-corrected chi connectivity index (χ0v) is 15.9. The van der Waals surface area contributed by atoms with Gasteiger partial charge in [0.1, 0.15) is 0 Å². The van der Waals surface area contributed by atoms with Crippen LogP contribution in [0.25, 0.3) is 0 Å². The summed E-state index contributed by atoms with van der Waals surface area (Å²) < 4.78 is 0. The molecule has 0 spiro atoms. The van der Waals surface area contributed by atoms with E-state index in [0.717, 1.165) is 17.8 Å². The van der Waals surface area contributed by atoms with E-state index in [9.17, 15) is 0 Å². The third-order valence-corrected chi connectivity index (χ3v) is 4.94. The Bertz CT molecular complexity index is 249. The molecule has 0 aliphatic carbocycles. The second-order valence-electron chi connectivity index (χ2n) is 8.55. The number of hydrogen-bond donors (Lipinski definition) is 0. The van der Waals surface area contributed by atoms with Crippen molar-refractivity contribution in [3.63, 3.8) is 0 Å². The second-order valence-corrected chi connectivity index (χ2v) is 8.55. The van der Waals surface area contributed by atoms with E-state index in [1.54, 1.807) is 0 Å². The fourth-order valence-electron chi connectivity index (χ4n) is 2.99. The SMILES string of the molecule is C=CC(C)(C)CCCC(C)CCCC(C)CCCC(C)C. The van der Waals surface area contributed by atoms with E-state index in [2.05, 4.69) is 54.2 Å². The Labute approximate surface area is 135 Å². The molecule has 0 saturated carbocycles. The summed E-state index contributed by atoms with van der Waals surface area (Å²) in [7, 11) is 0. The number of hydrogen-bond acceptors (Lipinski definition) is 0. The van der Waals surface area contributed by atoms with Gasteiger partial charge in [-0.25, -0.2) is 0 Å². The van der Waals surface area contributed by atoms with Gasteiger partial charge in [0.2, 0.25) is 0 Å². The Hall–Kier alpha value is -0.260. The van der Waals surface area contributed by atoms with Crippen molar-refractivity contribution in [3.05, 3.63) is 12.7 Å². The molecule has 126 valence electrons. The van der Waals surface area contributed by atoms with Crippen molar-refractivity contribution in [3.8, 4) is 0 Å². The highest BCUT2D eigenvalue weighted by molar-refractivity contribution is 4.87. The third kappa shape index (κ3) is 13.1. The van der Waals surface area contributed by atoms with Crippen LogP contribution >= 0.6 is 0 Å². The molecule has 0 aliphatic rings. The van der Waals surface area contributed by atoms with Gasteiger partial charge < -0.3 is 0 Å². The van der Waals surface area contributed by atoms with E-state index >= 15 is 0 Å². The summed E-state index contributed by atoms with van der Waals surface area (Å²) in [6.45, 7) is 18.1. The summed E-state index contributed by atoms with van der Waals surface area (Å²) in [5, 5.41) is 0. The van der Waals surface area contributed by atoms with Gasteiger partial charge >= 0.3 is 0 Å². The zero-order valence-electron chi connectivity index (χ0n) is 15.9. The molecule has 0 saturated heterocycles. The lowest BCUT2D eigenvalue weighted by molar-refractivity contribution is 0.359. The molecule has 0 aromatic heterocycles. The molecular weight excluding hydrogens is 252 g/mol. The minimum absolute atomic E-state index is 0.324. The van der Waals surface area contributed by atoms with Crippen molar-refractivity contribution in [2.45, 2.75) is 99.3 Å². The fourth-order valence-corrected chi connectivity index (χ4v) is 2.99. The molecule has 2 atom stereocenters. The number of rotatable bonds is 13. The van der Waals surface area contributed by atoms with Gasteiger partial charge in [0.15, 0.2) is 0 Å². The molecule has 0 nitrogen and oxygen atoms in total. The van der Waals surface area contributed by atoms with E-state index < -0.39 is 0 Å². The van der Waals surface area contributed by atoms with Crippen molar-refractivity contribution in [1.82, 2.24) is 0 Å². The molecule has 0 amide bonds. The van der Waals surface area contributed by atoms with E-state index in [1.807, 2.05) is 0 Å². The summed E-state index contributed by atoms with van der Waals surface area (Å²) in [6, 6.07) is 0. The largest absolute Gasteiger partial charge is 0.103 e. The van der Waals surface area contributed by atoms with Crippen molar-refractivity contribution < 1.29 is 0 Å². The van der Waals surface area contributed by atoms with Crippen LogP contribution < -0.4 is 0 Å². The Morgan fingerprint density at radius 3 is 1.62 bits per heavy atom. The van der Waals surface area contributed by atoms with Crippen LogP contribution in [-0.2, 0) is 0 Å². The molecular formula is C21H42. The first-order valence-electron chi connectivity index (χ1n) is 9.40. The average Bonchev–Trinajstić information content (AvgIpc) is 2.38. The highest BCUT2D eigenvalue weighted by Gasteiger charge is 2.13. The van der Waals surface area contributed by atoms with Crippen LogP contribution in [-0.4, -0.2) is 0 Å². The normalized spacial score (nSPS) is 15.2. The topological polar surface area (TPSA) is 0 Å². The van der Waals surface area contributed by atoms with Crippen LogP contribution in [0.15, 0.2) is 12.7 Å². The predicted octanol–water partition coefficient (Wildman–Crippen LogP) is 7.64. The van der Waals surface area contributed by atoms with E-state index in [-0.39, 0.29) is 0 Å². The molecule has 0 fully saturated rings. The smallest absolute Gasteiger partial charge is 0.0178 e. The monoisotopic (exact) mass is 294 g/mol. The lowest BCUT2D eigenvalue weighted by Gasteiger charge is -2.21. The van der Waals surface area contributed by atoms with Gasteiger partial charge in [-0.1, -0.05) is 99.0 Å². The van der Waals surface area contributed by atoms with Crippen molar-refractivity contribution in [2.75, 3.05) is 0 Å². The van der Waals surface area contributed by atoms with Crippen LogP contribution in [0.4, 0.5) is 0 Å². The molecule has 0 radical (unpaired) electrons. The first-order chi connectivity index (χ1) is 9.76. The lowest BCUT2D eigenvalue weighted by Crippen LogP contribution is -2.07. The molecule has 0 N–H and O–H groups in total. The van der Waals surface area contributed by atoms with Gasteiger partial charge in [0, 0.05) is 0 Å². The Morgan fingerprint density at radius 2 is 1.19 bits per heavy atom. The van der Waals surface area contributed by atoms with Crippen LogP contribution in [0, 0.1) is 23.2 Å². The molecule has 0 aromatic carbocycles. The maximum atomic E-state index is 3.93. The zero-order chi connectivity index (χ0) is 16.3. The minimum Gasteiger partial charge on any atom is -0.103 e. The van der Waals surface area contributed by atoms with E-state index in [4.69, 9.17) is 0 Å². The van der Waals surface area contributed by atoms with Gasteiger partial charge in [-0.3, -0.25) is 0 Å². The van der Waals surface area contributed by atoms with Gasteiger partial charge in [-0.15, -0.1) is 6.58 Å². The van der Waals surface area contributed by atoms with Gasteiger partial charge in [0.05, 0.1) is 0 Å². The van der Waals surface area contributed by atoms with Gasteiger partial charge in [-0.05, 0) is 29.6 Å². The molecule has 2 unspecified atom stereocenters. The van der Waals surface area contributed by atoms with Crippen molar-refractivity contribution >= 4 is 0 Å². The molecule has 0 aliphatic heterocycles. The first-order valence-corrected chi connectivity index (χ1v) is 9.40. The Kier molecular flexibility index (Phi) is 11.2. The lowest BCUT2D eigenvalue weighted by atomic mass is 9.85. The van der Waals surface area contributed by atoms with Crippen molar-refractivity contribution in [1.29, 1.82) is 0 Å². The van der Waals surface area contributed by atoms with Crippen LogP contribution in [0.2, 0.25) is 0 Å². The van der Waals surface area contributed by atoms with Crippen LogP contribution in [0.1, 0.15) is 99.3 Å². The maximum absolute atomic E-state index is 3.93. The second kappa shape index (κ2) is 11.3. The molecule has 21 heavy (non-hydrogen) atoms. The quantitative estimate of drug-likeness (QED) is 0.306. The molecule has 0 bridgehead atoms. The first kappa shape index (κ1) is 20.7. The molecule has 0 heterocycles. The summed E-state index contributed by atoms with van der Waals surface area (Å²) in [4.78, 5) is 0. The van der Waals surface area contributed by atoms with Crippen LogP contribution in [0.5, 0.6) is 0 Å². The summed E-state index contributed by atoms with van der Waals surface area (Å²) in [6.07, 6.45) is 14.7. The minimum atomic E-state index is 0.324. The number of allylic oxidation sites excluding steroid dienone is 1.